The summed E-state index contributed by atoms with van der Waals surface area (Å²) in [5, 5.41) is 0. The molecule has 15 heavy (non-hydrogen) atoms. The first-order chi connectivity index (χ1) is 7.31. The van der Waals surface area contributed by atoms with Gasteiger partial charge in [-0.3, -0.25) is 0 Å². The molecule has 0 atom stereocenters. The normalized spacial score (nSPS) is 11.1. The topological polar surface area (TPSA) is 17.8 Å². The van der Waals surface area contributed by atoms with Gasteiger partial charge in [-0.05, 0) is 35.5 Å². The van der Waals surface area contributed by atoms with Crippen LogP contribution in [-0.2, 0) is 6.54 Å². The van der Waals surface area contributed by atoms with Gasteiger partial charge in [-0.1, -0.05) is 22.6 Å². The van der Waals surface area contributed by atoms with E-state index in [0.29, 0.717) is 0 Å². The van der Waals surface area contributed by atoms with Crippen molar-refractivity contribution < 1.29 is 4.39 Å². The van der Waals surface area contributed by atoms with Gasteiger partial charge in [0.05, 0.1) is 17.4 Å². The molecule has 0 bridgehead atoms. The number of hydrogen-bond acceptors (Lipinski definition) is 1. The van der Waals surface area contributed by atoms with E-state index in [9.17, 15) is 4.39 Å². The molecule has 80 valence electrons. The largest absolute Gasteiger partial charge is 0.331 e. The molecule has 2 aromatic rings. The third kappa shape index (κ3) is 2.48. The summed E-state index contributed by atoms with van der Waals surface area (Å²) in [7, 11) is 0. The second-order valence-electron chi connectivity index (χ2n) is 3.47. The van der Waals surface area contributed by atoms with Gasteiger partial charge in [0.2, 0.25) is 0 Å². The van der Waals surface area contributed by atoms with E-state index < -0.39 is 0 Å². The minimum absolute atomic E-state index is 0.196. The van der Waals surface area contributed by atoms with Crippen LogP contribution in [0.15, 0.2) is 24.5 Å². The van der Waals surface area contributed by atoms with Gasteiger partial charge in [0.1, 0.15) is 5.82 Å². The van der Waals surface area contributed by atoms with Crippen molar-refractivity contribution in [1.29, 1.82) is 0 Å². The molecule has 0 aliphatic rings. The van der Waals surface area contributed by atoms with Crippen molar-refractivity contribution in [2.75, 3.05) is 4.43 Å². The van der Waals surface area contributed by atoms with E-state index in [1.807, 2.05) is 4.57 Å². The third-order valence-corrected chi connectivity index (χ3v) is 3.13. The summed E-state index contributed by atoms with van der Waals surface area (Å²) < 4.78 is 16.2. The number of imidazole rings is 1. The Bertz CT molecular complexity index is 453. The third-order valence-electron chi connectivity index (χ3n) is 2.37. The van der Waals surface area contributed by atoms with Crippen LogP contribution in [0.5, 0.6) is 0 Å². The summed E-state index contributed by atoms with van der Waals surface area (Å²) in [4.78, 5) is 4.23. The lowest BCUT2D eigenvalue weighted by atomic mass is 10.3. The highest BCUT2D eigenvalue weighted by molar-refractivity contribution is 14.1. The van der Waals surface area contributed by atoms with Gasteiger partial charge < -0.3 is 4.57 Å². The fourth-order valence-electron chi connectivity index (χ4n) is 1.58. The molecule has 2 nitrogen and oxygen atoms in total. The lowest BCUT2D eigenvalue weighted by Gasteiger charge is -2.02. The van der Waals surface area contributed by atoms with Crippen molar-refractivity contribution in [1.82, 2.24) is 9.55 Å². The second-order valence-corrected chi connectivity index (χ2v) is 4.55. The Morgan fingerprint density at radius 3 is 3.00 bits per heavy atom. The minimum atomic E-state index is -0.196. The van der Waals surface area contributed by atoms with Crippen LogP contribution in [0, 0.1) is 5.82 Å². The van der Waals surface area contributed by atoms with Gasteiger partial charge in [-0.2, -0.15) is 0 Å². The zero-order valence-electron chi connectivity index (χ0n) is 8.29. The van der Waals surface area contributed by atoms with Crippen molar-refractivity contribution in [2.24, 2.45) is 0 Å². The molecule has 4 heteroatoms. The van der Waals surface area contributed by atoms with E-state index >= 15 is 0 Å². The molecule has 0 spiro atoms. The summed E-state index contributed by atoms with van der Waals surface area (Å²) in [6.45, 7) is 0.920. The zero-order chi connectivity index (χ0) is 10.7. The van der Waals surface area contributed by atoms with Crippen LogP contribution >= 0.6 is 22.6 Å². The van der Waals surface area contributed by atoms with E-state index in [4.69, 9.17) is 0 Å². The fraction of sp³-hybridized carbons (Fsp3) is 0.364. The quantitative estimate of drug-likeness (QED) is 0.480. The molecule has 0 N–H and O–H groups in total. The van der Waals surface area contributed by atoms with Gasteiger partial charge in [0.15, 0.2) is 0 Å². The molecule has 1 aromatic carbocycles. The number of rotatable bonds is 4. The molecule has 0 aliphatic heterocycles. The Balaban J connectivity index is 2.23. The molecule has 0 fully saturated rings. The summed E-state index contributed by atoms with van der Waals surface area (Å²) in [6.07, 6.45) is 4.10. The maximum atomic E-state index is 13.0. The molecule has 1 heterocycles. The Morgan fingerprint density at radius 1 is 1.33 bits per heavy atom. The Kier molecular flexibility index (Phi) is 3.56. The molecule has 1 aromatic heterocycles. The average molecular weight is 318 g/mol. The minimum Gasteiger partial charge on any atom is -0.331 e. The highest BCUT2D eigenvalue weighted by Crippen LogP contribution is 2.15. The van der Waals surface area contributed by atoms with Gasteiger partial charge in [0.25, 0.3) is 0 Å². The van der Waals surface area contributed by atoms with Crippen LogP contribution in [0.2, 0.25) is 0 Å². The molecular formula is C11H12FIN2. The van der Waals surface area contributed by atoms with Crippen LogP contribution in [0.3, 0.4) is 0 Å². The predicted octanol–water partition coefficient (Wildman–Crippen LogP) is 3.39. The van der Waals surface area contributed by atoms with E-state index in [-0.39, 0.29) is 5.82 Å². The molecule has 2 rings (SSSR count). The Labute approximate surface area is 102 Å². The number of nitrogens with zero attached hydrogens (tertiary/aromatic N) is 2. The first kappa shape index (κ1) is 10.9. The summed E-state index contributed by atoms with van der Waals surface area (Å²) in [5.74, 6) is -0.196. The number of aryl methyl sites for hydroxylation is 1. The maximum Gasteiger partial charge on any atom is 0.125 e. The molecule has 0 amide bonds. The number of benzene rings is 1. The monoisotopic (exact) mass is 318 g/mol. The number of unbranched alkanes of at least 4 members (excludes halogenated alkanes) is 1. The first-order valence-electron chi connectivity index (χ1n) is 4.97. The van der Waals surface area contributed by atoms with E-state index in [1.54, 1.807) is 18.5 Å². The van der Waals surface area contributed by atoms with Gasteiger partial charge in [-0.15, -0.1) is 0 Å². The summed E-state index contributed by atoms with van der Waals surface area (Å²) >= 11 is 2.37. The SMILES string of the molecule is Fc1ccc2ncn(CCCCI)c2c1. The molecule has 0 saturated carbocycles. The average Bonchev–Trinajstić information content (AvgIpc) is 2.62. The lowest BCUT2D eigenvalue weighted by Crippen LogP contribution is -1.96. The number of alkyl halides is 1. The number of fused-ring (bicyclic) bond motifs is 1. The highest BCUT2D eigenvalue weighted by atomic mass is 127. The lowest BCUT2D eigenvalue weighted by molar-refractivity contribution is 0.624. The zero-order valence-corrected chi connectivity index (χ0v) is 10.4. The molecule has 0 unspecified atom stereocenters. The van der Waals surface area contributed by atoms with Crippen molar-refractivity contribution in [3.63, 3.8) is 0 Å². The van der Waals surface area contributed by atoms with Crippen molar-refractivity contribution in [3.8, 4) is 0 Å². The van der Waals surface area contributed by atoms with Crippen molar-refractivity contribution >= 4 is 33.6 Å². The van der Waals surface area contributed by atoms with Crippen LogP contribution in [0.4, 0.5) is 4.39 Å². The molecule has 0 radical (unpaired) electrons. The van der Waals surface area contributed by atoms with Crippen LogP contribution < -0.4 is 0 Å². The predicted molar refractivity (Wildman–Crippen MR) is 67.8 cm³/mol. The number of hydrogen-bond donors (Lipinski definition) is 0. The molecule has 0 aliphatic carbocycles. The van der Waals surface area contributed by atoms with Crippen LogP contribution in [0.25, 0.3) is 11.0 Å². The van der Waals surface area contributed by atoms with E-state index in [0.717, 1.165) is 24.0 Å². The standard InChI is InChI=1S/C11H12FIN2/c12-9-3-4-10-11(7-9)15(8-14-10)6-2-1-5-13/h3-4,7-8H,1-2,5-6H2. The van der Waals surface area contributed by atoms with Crippen LogP contribution in [0.1, 0.15) is 12.8 Å². The second kappa shape index (κ2) is 4.92. The number of aromatic nitrogens is 2. The molecule has 0 saturated heterocycles. The van der Waals surface area contributed by atoms with Gasteiger partial charge >= 0.3 is 0 Å². The summed E-state index contributed by atoms with van der Waals surface area (Å²) in [6, 6.07) is 4.72. The Morgan fingerprint density at radius 2 is 2.20 bits per heavy atom. The molecular weight excluding hydrogens is 306 g/mol. The van der Waals surface area contributed by atoms with Gasteiger partial charge in [0, 0.05) is 6.54 Å². The summed E-state index contributed by atoms with van der Waals surface area (Å²) in [5.41, 5.74) is 1.76. The van der Waals surface area contributed by atoms with Crippen LogP contribution in [-0.4, -0.2) is 14.0 Å². The number of halogens is 2. The van der Waals surface area contributed by atoms with Crippen molar-refractivity contribution in [2.45, 2.75) is 19.4 Å². The Hall–Kier alpha value is -0.650. The maximum absolute atomic E-state index is 13.0. The first-order valence-corrected chi connectivity index (χ1v) is 6.50. The fourth-order valence-corrected chi connectivity index (χ4v) is 2.12. The smallest absolute Gasteiger partial charge is 0.125 e. The van der Waals surface area contributed by atoms with E-state index in [1.165, 1.54) is 16.9 Å². The highest BCUT2D eigenvalue weighted by Gasteiger charge is 2.02. The van der Waals surface area contributed by atoms with Gasteiger partial charge in [-0.25, -0.2) is 9.37 Å². The van der Waals surface area contributed by atoms with Crippen molar-refractivity contribution in [3.05, 3.63) is 30.3 Å². The van der Waals surface area contributed by atoms with E-state index in [2.05, 4.69) is 27.6 Å².